The van der Waals surface area contributed by atoms with Crippen LogP contribution in [0.25, 0.3) is 5.65 Å². The molecule has 0 amide bonds. The standard InChI is InChI=1S/C15H16BrN5/c1-2-7-17-13-10-21-9-8-18-15(21)14(20-13)19-12-5-3-11(16)4-6-12/h3-6,8-10,17H,2,7H2,1H3,(H,19,20). The molecule has 5 nitrogen and oxygen atoms in total. The van der Waals surface area contributed by atoms with Crippen molar-refractivity contribution in [1.29, 1.82) is 0 Å². The lowest BCUT2D eigenvalue weighted by atomic mass is 10.3. The van der Waals surface area contributed by atoms with Crippen molar-refractivity contribution < 1.29 is 0 Å². The van der Waals surface area contributed by atoms with E-state index in [0.717, 1.165) is 40.4 Å². The van der Waals surface area contributed by atoms with Gasteiger partial charge in [-0.15, -0.1) is 0 Å². The molecule has 6 heteroatoms. The number of nitrogens with one attached hydrogen (secondary N) is 2. The van der Waals surface area contributed by atoms with Gasteiger partial charge in [0.05, 0.1) is 6.20 Å². The van der Waals surface area contributed by atoms with Gasteiger partial charge in [-0.1, -0.05) is 22.9 Å². The number of hydrogen-bond donors (Lipinski definition) is 2. The Hall–Kier alpha value is -2.08. The van der Waals surface area contributed by atoms with Crippen LogP contribution in [0.3, 0.4) is 0 Å². The van der Waals surface area contributed by atoms with Crippen molar-refractivity contribution in [3.8, 4) is 0 Å². The Labute approximate surface area is 131 Å². The van der Waals surface area contributed by atoms with E-state index in [2.05, 4.69) is 43.5 Å². The second-order valence-electron chi connectivity index (χ2n) is 4.69. The van der Waals surface area contributed by atoms with Gasteiger partial charge >= 0.3 is 0 Å². The summed E-state index contributed by atoms with van der Waals surface area (Å²) in [5, 5.41) is 6.63. The average Bonchev–Trinajstić information content (AvgIpc) is 2.96. The van der Waals surface area contributed by atoms with Crippen LogP contribution in [-0.4, -0.2) is 20.9 Å². The summed E-state index contributed by atoms with van der Waals surface area (Å²) in [6.07, 6.45) is 6.69. The number of halogens is 1. The van der Waals surface area contributed by atoms with Gasteiger partial charge in [0, 0.05) is 29.1 Å². The predicted molar refractivity (Wildman–Crippen MR) is 89.2 cm³/mol. The topological polar surface area (TPSA) is 54.2 Å². The van der Waals surface area contributed by atoms with Crippen LogP contribution in [-0.2, 0) is 0 Å². The minimum atomic E-state index is 0.739. The Bertz CT molecular complexity index is 735. The number of rotatable bonds is 5. The van der Waals surface area contributed by atoms with E-state index in [4.69, 9.17) is 0 Å². The van der Waals surface area contributed by atoms with Crippen LogP contribution in [0.4, 0.5) is 17.3 Å². The molecule has 1 aromatic carbocycles. The molecule has 0 spiro atoms. The van der Waals surface area contributed by atoms with Gasteiger partial charge in [-0.05, 0) is 30.7 Å². The number of nitrogens with zero attached hydrogens (tertiary/aromatic N) is 3. The average molecular weight is 346 g/mol. The number of anilines is 3. The number of hydrogen-bond acceptors (Lipinski definition) is 4. The first-order chi connectivity index (χ1) is 10.3. The monoisotopic (exact) mass is 345 g/mol. The lowest BCUT2D eigenvalue weighted by molar-refractivity contribution is 0.962. The molecule has 0 aliphatic carbocycles. The van der Waals surface area contributed by atoms with Crippen LogP contribution in [0, 0.1) is 0 Å². The lowest BCUT2D eigenvalue weighted by Gasteiger charge is -2.10. The van der Waals surface area contributed by atoms with Gasteiger partial charge in [0.15, 0.2) is 11.5 Å². The fourth-order valence-corrected chi connectivity index (χ4v) is 2.29. The van der Waals surface area contributed by atoms with Crippen molar-refractivity contribution in [2.24, 2.45) is 0 Å². The summed E-state index contributed by atoms with van der Waals surface area (Å²) in [5.41, 5.74) is 1.78. The molecule has 0 fully saturated rings. The van der Waals surface area contributed by atoms with E-state index < -0.39 is 0 Å². The third-order valence-corrected chi connectivity index (χ3v) is 3.57. The molecule has 0 aliphatic rings. The molecule has 3 aromatic rings. The Balaban J connectivity index is 1.95. The molecule has 0 aliphatic heterocycles. The minimum Gasteiger partial charge on any atom is -0.369 e. The maximum absolute atomic E-state index is 4.61. The van der Waals surface area contributed by atoms with E-state index >= 15 is 0 Å². The van der Waals surface area contributed by atoms with Crippen LogP contribution < -0.4 is 10.6 Å². The Morgan fingerprint density at radius 3 is 2.81 bits per heavy atom. The van der Waals surface area contributed by atoms with E-state index in [1.54, 1.807) is 6.20 Å². The quantitative estimate of drug-likeness (QED) is 0.732. The zero-order chi connectivity index (χ0) is 14.7. The first-order valence-corrected chi connectivity index (χ1v) is 7.66. The van der Waals surface area contributed by atoms with Gasteiger partial charge in [-0.25, -0.2) is 9.97 Å². The van der Waals surface area contributed by atoms with Gasteiger partial charge in [0.1, 0.15) is 5.82 Å². The third-order valence-electron chi connectivity index (χ3n) is 3.04. The summed E-state index contributed by atoms with van der Waals surface area (Å²) in [5.74, 6) is 1.57. The first kappa shape index (κ1) is 13.9. The van der Waals surface area contributed by atoms with Crippen LogP contribution in [0.5, 0.6) is 0 Å². The zero-order valence-corrected chi connectivity index (χ0v) is 13.3. The first-order valence-electron chi connectivity index (χ1n) is 6.86. The third kappa shape index (κ3) is 3.16. The highest BCUT2D eigenvalue weighted by atomic mass is 79.9. The summed E-state index contributed by atoms with van der Waals surface area (Å²) < 4.78 is 3.01. The van der Waals surface area contributed by atoms with E-state index in [9.17, 15) is 0 Å². The van der Waals surface area contributed by atoms with Crippen LogP contribution >= 0.6 is 15.9 Å². The summed E-state index contributed by atoms with van der Waals surface area (Å²) in [7, 11) is 0. The highest BCUT2D eigenvalue weighted by Crippen LogP contribution is 2.22. The maximum Gasteiger partial charge on any atom is 0.180 e. The summed E-state index contributed by atoms with van der Waals surface area (Å²) in [4.78, 5) is 8.97. The smallest absolute Gasteiger partial charge is 0.180 e. The fraction of sp³-hybridized carbons (Fsp3) is 0.200. The number of aromatic nitrogens is 3. The Morgan fingerprint density at radius 2 is 2.05 bits per heavy atom. The van der Waals surface area contributed by atoms with Crippen molar-refractivity contribution in [1.82, 2.24) is 14.4 Å². The van der Waals surface area contributed by atoms with Crippen molar-refractivity contribution >= 4 is 38.9 Å². The molecule has 0 radical (unpaired) electrons. The van der Waals surface area contributed by atoms with Crippen molar-refractivity contribution in [3.05, 3.63) is 47.3 Å². The number of fused-ring (bicyclic) bond motifs is 1. The molecule has 0 bridgehead atoms. The molecule has 21 heavy (non-hydrogen) atoms. The lowest BCUT2D eigenvalue weighted by Crippen LogP contribution is -2.06. The highest BCUT2D eigenvalue weighted by molar-refractivity contribution is 9.10. The van der Waals surface area contributed by atoms with Crippen LogP contribution in [0.15, 0.2) is 47.3 Å². The van der Waals surface area contributed by atoms with E-state index in [0.29, 0.717) is 0 Å². The predicted octanol–water partition coefficient (Wildman–Crippen LogP) is 4.06. The molecule has 2 aromatic heterocycles. The largest absolute Gasteiger partial charge is 0.369 e. The number of benzene rings is 1. The van der Waals surface area contributed by atoms with Crippen molar-refractivity contribution in [2.45, 2.75) is 13.3 Å². The van der Waals surface area contributed by atoms with Gasteiger partial charge in [-0.2, -0.15) is 0 Å². The molecule has 0 saturated heterocycles. The van der Waals surface area contributed by atoms with Crippen LogP contribution in [0.2, 0.25) is 0 Å². The molecule has 3 rings (SSSR count). The van der Waals surface area contributed by atoms with Gasteiger partial charge in [0.2, 0.25) is 0 Å². The molecule has 2 heterocycles. The van der Waals surface area contributed by atoms with Gasteiger partial charge < -0.3 is 15.0 Å². The van der Waals surface area contributed by atoms with E-state index in [1.165, 1.54) is 0 Å². The fourth-order valence-electron chi connectivity index (χ4n) is 2.02. The number of imidazole rings is 1. The highest BCUT2D eigenvalue weighted by Gasteiger charge is 2.07. The molecule has 2 N–H and O–H groups in total. The minimum absolute atomic E-state index is 0.739. The molecule has 108 valence electrons. The maximum atomic E-state index is 4.61. The van der Waals surface area contributed by atoms with Gasteiger partial charge in [0.25, 0.3) is 0 Å². The van der Waals surface area contributed by atoms with Gasteiger partial charge in [-0.3, -0.25) is 0 Å². The van der Waals surface area contributed by atoms with E-state index in [1.807, 2.05) is 41.1 Å². The molecule has 0 unspecified atom stereocenters. The zero-order valence-electron chi connectivity index (χ0n) is 11.7. The molecular weight excluding hydrogens is 330 g/mol. The second-order valence-corrected chi connectivity index (χ2v) is 5.61. The summed E-state index contributed by atoms with van der Waals surface area (Å²) in [6, 6.07) is 7.98. The summed E-state index contributed by atoms with van der Waals surface area (Å²) >= 11 is 3.43. The second kappa shape index (κ2) is 6.13. The SMILES string of the molecule is CCCNc1cn2ccnc2c(Nc2ccc(Br)cc2)n1. The molecule has 0 saturated carbocycles. The van der Waals surface area contributed by atoms with E-state index in [-0.39, 0.29) is 0 Å². The van der Waals surface area contributed by atoms with Crippen LogP contribution in [0.1, 0.15) is 13.3 Å². The Kier molecular flexibility index (Phi) is 4.06. The van der Waals surface area contributed by atoms with Crippen molar-refractivity contribution in [3.63, 3.8) is 0 Å². The molecular formula is C15H16BrN5. The molecule has 0 atom stereocenters. The normalized spacial score (nSPS) is 10.8. The van der Waals surface area contributed by atoms with Crippen molar-refractivity contribution in [2.75, 3.05) is 17.2 Å². The summed E-state index contributed by atoms with van der Waals surface area (Å²) in [6.45, 7) is 3.02. The Morgan fingerprint density at radius 1 is 1.24 bits per heavy atom.